The molecule has 176 valence electrons. The molecular weight excluding hydrogens is 438 g/mol. The van der Waals surface area contributed by atoms with Crippen LogP contribution in [0.1, 0.15) is 52.4 Å². The number of anilines is 1. The molecule has 1 unspecified atom stereocenters. The Balaban J connectivity index is 1.38. The van der Waals surface area contributed by atoms with Crippen LogP contribution in [-0.4, -0.2) is 49.8 Å². The molecule has 34 heavy (non-hydrogen) atoms. The van der Waals surface area contributed by atoms with E-state index in [1.165, 1.54) is 12.4 Å². The van der Waals surface area contributed by atoms with Gasteiger partial charge in [0.1, 0.15) is 0 Å². The number of hydrogen-bond donors (Lipinski definition) is 2. The fourth-order valence-electron chi connectivity index (χ4n) is 4.68. The number of aromatic nitrogens is 4. The van der Waals surface area contributed by atoms with E-state index in [0.29, 0.717) is 31.0 Å². The molecule has 5 rings (SSSR count). The minimum Gasteiger partial charge on any atom is -0.358 e. The van der Waals surface area contributed by atoms with Crippen LogP contribution in [0.3, 0.4) is 0 Å². The lowest BCUT2D eigenvalue weighted by atomic mass is 9.91. The van der Waals surface area contributed by atoms with E-state index in [9.17, 15) is 13.6 Å². The summed E-state index contributed by atoms with van der Waals surface area (Å²) in [7, 11) is 0. The molecule has 0 bridgehead atoms. The smallest absolute Gasteiger partial charge is 0.259 e. The van der Waals surface area contributed by atoms with Gasteiger partial charge in [-0.3, -0.25) is 19.7 Å². The summed E-state index contributed by atoms with van der Waals surface area (Å²) in [5.74, 6) is -2.34. The lowest BCUT2D eigenvalue weighted by Crippen LogP contribution is -2.38. The van der Waals surface area contributed by atoms with E-state index in [4.69, 9.17) is 0 Å². The molecule has 0 aromatic carbocycles. The largest absolute Gasteiger partial charge is 0.358 e. The van der Waals surface area contributed by atoms with Gasteiger partial charge in [0.15, 0.2) is 5.82 Å². The molecule has 1 fully saturated rings. The van der Waals surface area contributed by atoms with E-state index < -0.39 is 5.92 Å². The summed E-state index contributed by atoms with van der Waals surface area (Å²) in [6, 6.07) is 2.10. The summed E-state index contributed by atoms with van der Waals surface area (Å²) in [6.07, 6.45) is 13.0. The minimum atomic E-state index is -2.55. The molecule has 1 amide bonds. The van der Waals surface area contributed by atoms with Crippen molar-refractivity contribution < 1.29 is 13.6 Å². The third-order valence-electron chi connectivity index (χ3n) is 6.47. The number of amides is 1. The van der Waals surface area contributed by atoms with E-state index in [-0.39, 0.29) is 24.7 Å². The molecule has 0 saturated carbocycles. The van der Waals surface area contributed by atoms with Gasteiger partial charge in [-0.1, -0.05) is 18.2 Å². The van der Waals surface area contributed by atoms with Crippen LogP contribution in [-0.2, 0) is 6.54 Å². The van der Waals surface area contributed by atoms with Crippen LogP contribution in [0.2, 0.25) is 0 Å². The summed E-state index contributed by atoms with van der Waals surface area (Å²) < 4.78 is 26.9. The van der Waals surface area contributed by atoms with Crippen LogP contribution in [0.25, 0.3) is 12.2 Å². The van der Waals surface area contributed by atoms with Crippen LogP contribution in [0.4, 0.5) is 14.6 Å². The van der Waals surface area contributed by atoms with Crippen molar-refractivity contribution >= 4 is 23.9 Å². The molecule has 7 nitrogen and oxygen atoms in total. The Hall–Kier alpha value is -3.46. The maximum atomic E-state index is 13.5. The third-order valence-corrected chi connectivity index (χ3v) is 6.47. The predicted octanol–water partition coefficient (Wildman–Crippen LogP) is 2.74. The number of nitrogens with one attached hydrogen (secondary N) is 2. The Morgan fingerprint density at radius 3 is 2.79 bits per heavy atom. The Bertz CT molecular complexity index is 1310. The molecule has 1 saturated heterocycles. The number of fused-ring (bicyclic) bond motifs is 1. The number of piperidine rings is 1. The van der Waals surface area contributed by atoms with Gasteiger partial charge >= 0.3 is 0 Å². The van der Waals surface area contributed by atoms with Gasteiger partial charge < -0.3 is 10.3 Å². The van der Waals surface area contributed by atoms with Gasteiger partial charge in [0.2, 0.25) is 0 Å². The molecule has 0 radical (unpaired) electrons. The van der Waals surface area contributed by atoms with Gasteiger partial charge in [-0.25, -0.2) is 13.8 Å². The Morgan fingerprint density at radius 1 is 1.21 bits per heavy atom. The zero-order valence-electron chi connectivity index (χ0n) is 18.9. The van der Waals surface area contributed by atoms with E-state index in [1.54, 1.807) is 12.4 Å². The second-order valence-corrected chi connectivity index (χ2v) is 8.97. The fraction of sp³-hybridized carbons (Fsp3) is 0.360. The third kappa shape index (κ3) is 4.75. The molecule has 3 aromatic heterocycles. The van der Waals surface area contributed by atoms with E-state index in [2.05, 4.69) is 48.4 Å². The number of likely N-dealkylation sites (tertiary alicyclic amines) is 1. The van der Waals surface area contributed by atoms with Crippen molar-refractivity contribution in [2.24, 2.45) is 0 Å². The van der Waals surface area contributed by atoms with E-state index >= 15 is 0 Å². The number of pyridine rings is 1. The average Bonchev–Trinajstić information content (AvgIpc) is 3.16. The lowest BCUT2D eigenvalue weighted by Gasteiger charge is -2.31. The summed E-state index contributed by atoms with van der Waals surface area (Å²) in [4.78, 5) is 30.9. The number of alkyl halides is 2. The normalized spacial score (nSPS) is 19.6. The summed E-state index contributed by atoms with van der Waals surface area (Å²) >= 11 is 0. The topological polar surface area (TPSA) is 86.8 Å². The second kappa shape index (κ2) is 9.06. The monoisotopic (exact) mass is 464 g/mol. The number of rotatable bonds is 5. The number of carbonyl (C=O) groups is 1. The Kier molecular flexibility index (Phi) is 5.95. The molecule has 2 N–H and O–H groups in total. The Labute approximate surface area is 195 Å². The van der Waals surface area contributed by atoms with E-state index in [1.807, 2.05) is 13.1 Å². The van der Waals surface area contributed by atoms with Gasteiger partial charge in [-0.15, -0.1) is 0 Å². The van der Waals surface area contributed by atoms with Crippen LogP contribution in [0, 0.1) is 6.92 Å². The first kappa shape index (κ1) is 22.3. The molecule has 4 heterocycles. The number of hydrogen-bond acceptors (Lipinski definition) is 5. The summed E-state index contributed by atoms with van der Waals surface area (Å²) in [5.41, 5.74) is 3.42. The van der Waals surface area contributed by atoms with Gasteiger partial charge in [0.05, 0.1) is 11.8 Å². The molecule has 1 aliphatic carbocycles. The van der Waals surface area contributed by atoms with Crippen LogP contribution >= 0.6 is 0 Å². The van der Waals surface area contributed by atoms with E-state index in [0.717, 1.165) is 33.8 Å². The quantitative estimate of drug-likeness (QED) is 0.607. The highest BCUT2D eigenvalue weighted by Gasteiger charge is 2.33. The lowest BCUT2D eigenvalue weighted by molar-refractivity contribution is -0.0566. The number of nitrogens with zero attached hydrogens (tertiary/aromatic N) is 4. The molecule has 0 spiro atoms. The standard InChI is InChI=1S/C25H26F2N6O/c1-16-23(24(34)32-22-14-28-6-7-30-22)20-11-18(2-3-21(20)31-16)19-10-17(12-29-13-19)15-33-8-4-25(26,27)5-9-33/h3,6-7,10-14,18,31H,2,4-5,8-9,15H2,1H3,(H,30,32,34). The maximum Gasteiger partial charge on any atom is 0.259 e. The first-order valence-electron chi connectivity index (χ1n) is 11.4. The van der Waals surface area contributed by atoms with Gasteiger partial charge in [-0.2, -0.15) is 0 Å². The summed E-state index contributed by atoms with van der Waals surface area (Å²) in [6.45, 7) is 3.26. The van der Waals surface area contributed by atoms with Crippen LogP contribution in [0.15, 0.2) is 37.1 Å². The molecule has 3 aromatic rings. The molecule has 1 atom stereocenters. The van der Waals surface area contributed by atoms with Crippen molar-refractivity contribution in [3.63, 3.8) is 0 Å². The SMILES string of the molecule is Cc1[nH]c2c(c1C(=O)Nc1cnccn1)=CC(c1cncc(CN3CCC(F)(F)CC3)c1)CC=2. The van der Waals surface area contributed by atoms with Crippen molar-refractivity contribution in [3.8, 4) is 0 Å². The van der Waals surface area contributed by atoms with Crippen LogP contribution < -0.4 is 15.9 Å². The van der Waals surface area contributed by atoms with Crippen molar-refractivity contribution in [3.05, 3.63) is 70.0 Å². The molecule has 9 heteroatoms. The highest BCUT2D eigenvalue weighted by molar-refractivity contribution is 6.05. The van der Waals surface area contributed by atoms with Gasteiger partial charge in [0.25, 0.3) is 11.8 Å². The molecule has 2 aliphatic rings. The number of halogens is 2. The highest BCUT2D eigenvalue weighted by Crippen LogP contribution is 2.29. The maximum absolute atomic E-state index is 13.5. The van der Waals surface area contributed by atoms with Gasteiger partial charge in [-0.05, 0) is 24.5 Å². The average molecular weight is 465 g/mol. The highest BCUT2D eigenvalue weighted by atomic mass is 19.3. The van der Waals surface area contributed by atoms with Gasteiger partial charge in [0, 0.05) is 79.4 Å². The van der Waals surface area contributed by atoms with Crippen molar-refractivity contribution in [2.75, 3.05) is 18.4 Å². The number of aromatic amines is 1. The number of carbonyl (C=O) groups excluding carboxylic acids is 1. The number of aryl methyl sites for hydroxylation is 1. The predicted molar refractivity (Wildman–Crippen MR) is 125 cm³/mol. The number of H-pyrrole nitrogens is 1. The van der Waals surface area contributed by atoms with Crippen molar-refractivity contribution in [1.29, 1.82) is 0 Å². The second-order valence-electron chi connectivity index (χ2n) is 8.97. The molecule has 1 aliphatic heterocycles. The molecular formula is C25H26F2N6O. The first-order chi connectivity index (χ1) is 16.4. The zero-order chi connectivity index (χ0) is 23.7. The minimum absolute atomic E-state index is 0.0592. The van der Waals surface area contributed by atoms with Crippen LogP contribution in [0.5, 0.6) is 0 Å². The van der Waals surface area contributed by atoms with Crippen molar-refractivity contribution in [1.82, 2.24) is 24.8 Å². The zero-order valence-corrected chi connectivity index (χ0v) is 18.9. The summed E-state index contributed by atoms with van der Waals surface area (Å²) in [5, 5.41) is 4.60. The Morgan fingerprint density at radius 2 is 2.03 bits per heavy atom. The fourth-order valence-corrected chi connectivity index (χ4v) is 4.68. The van der Waals surface area contributed by atoms with Crippen molar-refractivity contribution in [2.45, 2.75) is 44.6 Å². The first-order valence-corrected chi connectivity index (χ1v) is 11.4.